The van der Waals surface area contributed by atoms with Gasteiger partial charge in [-0.15, -0.1) is 0 Å². The van der Waals surface area contributed by atoms with Gasteiger partial charge in [0.25, 0.3) is 0 Å². The molecule has 0 N–H and O–H groups in total. The average Bonchev–Trinajstić information content (AvgIpc) is 2.57. The number of benzene rings is 1. The van der Waals surface area contributed by atoms with Crippen LogP contribution in [0.25, 0.3) is 0 Å². The molecule has 0 radical (unpaired) electrons. The van der Waals surface area contributed by atoms with Crippen LogP contribution in [0.2, 0.25) is 0 Å². The molecule has 1 aromatic rings. The van der Waals surface area contributed by atoms with Gasteiger partial charge >= 0.3 is 0 Å². The number of hydrogen-bond acceptors (Lipinski definition) is 2. The van der Waals surface area contributed by atoms with E-state index in [9.17, 15) is 4.79 Å². The topological polar surface area (TPSA) is 26.3 Å². The normalized spacial score (nSPS) is 20.3. The minimum absolute atomic E-state index is 0.937. The van der Waals surface area contributed by atoms with E-state index in [1.165, 1.54) is 49.7 Å². The Morgan fingerprint density at radius 2 is 1.43 bits per heavy atom. The molecule has 0 heterocycles. The van der Waals surface area contributed by atoms with Crippen LogP contribution < -0.4 is 4.74 Å². The van der Waals surface area contributed by atoms with Gasteiger partial charge in [-0.05, 0) is 80.2 Å². The van der Waals surface area contributed by atoms with E-state index in [-0.39, 0.29) is 0 Å². The third-order valence-electron chi connectivity index (χ3n) is 4.67. The Hall–Kier alpha value is -1.57. The molecule has 0 aliphatic heterocycles. The van der Waals surface area contributed by atoms with Crippen LogP contribution in [0.3, 0.4) is 0 Å². The summed E-state index contributed by atoms with van der Waals surface area (Å²) >= 11 is 0. The molecule has 0 spiro atoms. The standard InChI is InChI=1S/C21H30O2/c1-23-21-15-19-12-7-4-2-3-6-10-18(17-22)11-8-5-9-13-20(14-19)16-21/h10,14-17H,2-9,11-13H2,1H3/b18-10+. The lowest BCUT2D eigenvalue weighted by atomic mass is 9.98. The highest BCUT2D eigenvalue weighted by Crippen LogP contribution is 2.21. The number of aryl methyl sites for hydroxylation is 2. The highest BCUT2D eigenvalue weighted by Gasteiger charge is 2.04. The fraction of sp³-hybridized carbons (Fsp3) is 0.571. The summed E-state index contributed by atoms with van der Waals surface area (Å²) in [6.07, 6.45) is 15.9. The largest absolute Gasteiger partial charge is 0.497 e. The second-order valence-electron chi connectivity index (χ2n) is 6.60. The lowest BCUT2D eigenvalue weighted by molar-refractivity contribution is -0.105. The number of ether oxygens (including phenoxy) is 1. The van der Waals surface area contributed by atoms with E-state index in [0.29, 0.717) is 0 Å². The summed E-state index contributed by atoms with van der Waals surface area (Å²) in [5, 5.41) is 0. The van der Waals surface area contributed by atoms with E-state index in [4.69, 9.17) is 4.74 Å². The zero-order chi connectivity index (χ0) is 16.3. The molecule has 126 valence electrons. The van der Waals surface area contributed by atoms with Crippen LogP contribution in [0.4, 0.5) is 0 Å². The number of hydrogen-bond donors (Lipinski definition) is 0. The van der Waals surface area contributed by atoms with E-state index >= 15 is 0 Å². The minimum Gasteiger partial charge on any atom is -0.497 e. The number of aldehydes is 1. The van der Waals surface area contributed by atoms with Crippen LogP contribution in [-0.2, 0) is 17.6 Å². The van der Waals surface area contributed by atoms with E-state index in [1.54, 1.807) is 7.11 Å². The van der Waals surface area contributed by atoms with Crippen molar-refractivity contribution in [2.45, 2.75) is 70.6 Å². The van der Waals surface area contributed by atoms with Crippen molar-refractivity contribution >= 4 is 6.29 Å². The molecule has 2 bridgehead atoms. The fourth-order valence-electron chi connectivity index (χ4n) is 3.29. The van der Waals surface area contributed by atoms with Gasteiger partial charge in [-0.1, -0.05) is 31.4 Å². The number of rotatable bonds is 2. The molecule has 1 aromatic carbocycles. The van der Waals surface area contributed by atoms with Crippen molar-refractivity contribution in [1.29, 1.82) is 0 Å². The summed E-state index contributed by atoms with van der Waals surface area (Å²) in [5.74, 6) is 0.991. The van der Waals surface area contributed by atoms with Crippen molar-refractivity contribution in [3.8, 4) is 5.75 Å². The zero-order valence-corrected chi connectivity index (χ0v) is 14.5. The highest BCUT2D eigenvalue weighted by molar-refractivity contribution is 5.72. The minimum atomic E-state index is 0.937. The molecule has 0 amide bonds. The summed E-state index contributed by atoms with van der Waals surface area (Å²) in [4.78, 5) is 11.1. The predicted octanol–water partition coefficient (Wildman–Crippen LogP) is 5.43. The Morgan fingerprint density at radius 3 is 2.09 bits per heavy atom. The van der Waals surface area contributed by atoms with E-state index in [1.807, 2.05) is 0 Å². The molecule has 1 aliphatic carbocycles. The number of methoxy groups -OCH3 is 1. The maximum Gasteiger partial charge on any atom is 0.145 e. The molecular weight excluding hydrogens is 284 g/mol. The lowest BCUT2D eigenvalue weighted by Crippen LogP contribution is -1.95. The third kappa shape index (κ3) is 6.60. The molecule has 2 nitrogen and oxygen atoms in total. The molecule has 2 heteroatoms. The molecule has 23 heavy (non-hydrogen) atoms. The average molecular weight is 314 g/mol. The number of fused-ring (bicyclic) bond motifs is 2. The number of carbonyl (C=O) groups is 1. The Morgan fingerprint density at radius 1 is 0.826 bits per heavy atom. The number of allylic oxidation sites excluding steroid dienone is 2. The molecule has 0 saturated carbocycles. The molecule has 0 unspecified atom stereocenters. The summed E-state index contributed by atoms with van der Waals surface area (Å²) in [5.41, 5.74) is 3.80. The second kappa shape index (κ2) is 10.3. The maximum atomic E-state index is 11.1. The molecular formula is C21H30O2. The van der Waals surface area contributed by atoms with Crippen molar-refractivity contribution in [3.63, 3.8) is 0 Å². The van der Waals surface area contributed by atoms with Crippen LogP contribution >= 0.6 is 0 Å². The lowest BCUT2D eigenvalue weighted by Gasteiger charge is -2.10. The third-order valence-corrected chi connectivity index (χ3v) is 4.67. The Bertz CT molecular complexity index is 517. The summed E-state index contributed by atoms with van der Waals surface area (Å²) in [6.45, 7) is 0. The zero-order valence-electron chi connectivity index (χ0n) is 14.5. The quantitative estimate of drug-likeness (QED) is 0.680. The first-order chi connectivity index (χ1) is 11.3. The fourth-order valence-corrected chi connectivity index (χ4v) is 3.29. The first-order valence-corrected chi connectivity index (χ1v) is 9.13. The second-order valence-corrected chi connectivity index (χ2v) is 6.60. The summed E-state index contributed by atoms with van der Waals surface area (Å²) in [7, 11) is 1.75. The molecule has 0 fully saturated rings. The SMILES string of the molecule is COc1cc2cc(c1)CCCCC/C(C=O)=C\CCCCCC2. The monoisotopic (exact) mass is 314 g/mol. The van der Waals surface area contributed by atoms with Gasteiger partial charge in [0, 0.05) is 0 Å². The van der Waals surface area contributed by atoms with Crippen LogP contribution in [0, 0.1) is 0 Å². The van der Waals surface area contributed by atoms with Crippen LogP contribution in [-0.4, -0.2) is 13.4 Å². The van der Waals surface area contributed by atoms with Gasteiger partial charge < -0.3 is 4.74 Å². The van der Waals surface area contributed by atoms with Crippen molar-refractivity contribution < 1.29 is 9.53 Å². The Kier molecular flexibility index (Phi) is 7.92. The van der Waals surface area contributed by atoms with Crippen molar-refractivity contribution in [2.24, 2.45) is 0 Å². The van der Waals surface area contributed by atoms with Crippen LogP contribution in [0.5, 0.6) is 5.75 Å². The molecule has 1 aliphatic rings. The van der Waals surface area contributed by atoms with Gasteiger partial charge in [0.1, 0.15) is 12.0 Å². The first kappa shape index (κ1) is 17.8. The van der Waals surface area contributed by atoms with Gasteiger partial charge in [-0.25, -0.2) is 0 Å². The van der Waals surface area contributed by atoms with Gasteiger partial charge in [-0.3, -0.25) is 4.79 Å². The first-order valence-electron chi connectivity index (χ1n) is 9.13. The van der Waals surface area contributed by atoms with Crippen LogP contribution in [0.1, 0.15) is 68.9 Å². The Labute approximate surface area is 140 Å². The maximum absolute atomic E-state index is 11.1. The van der Waals surface area contributed by atoms with Gasteiger partial charge in [0.2, 0.25) is 0 Å². The molecule has 2 rings (SSSR count). The smallest absolute Gasteiger partial charge is 0.145 e. The van der Waals surface area contributed by atoms with Gasteiger partial charge in [-0.2, -0.15) is 0 Å². The van der Waals surface area contributed by atoms with Crippen molar-refractivity contribution in [1.82, 2.24) is 0 Å². The van der Waals surface area contributed by atoms with Crippen molar-refractivity contribution in [3.05, 3.63) is 41.0 Å². The van der Waals surface area contributed by atoms with Gasteiger partial charge in [0.15, 0.2) is 0 Å². The van der Waals surface area contributed by atoms with Gasteiger partial charge in [0.05, 0.1) is 7.11 Å². The van der Waals surface area contributed by atoms with E-state index in [0.717, 1.165) is 49.7 Å². The molecule has 0 atom stereocenters. The van der Waals surface area contributed by atoms with E-state index < -0.39 is 0 Å². The number of carbonyl (C=O) groups excluding carboxylic acids is 1. The highest BCUT2D eigenvalue weighted by atomic mass is 16.5. The van der Waals surface area contributed by atoms with Crippen LogP contribution in [0.15, 0.2) is 29.8 Å². The summed E-state index contributed by atoms with van der Waals surface area (Å²) < 4.78 is 5.46. The van der Waals surface area contributed by atoms with E-state index in [2.05, 4.69) is 24.3 Å². The summed E-state index contributed by atoms with van der Waals surface area (Å²) in [6, 6.07) is 6.71. The molecule has 0 saturated heterocycles. The molecule has 0 aromatic heterocycles. The Balaban J connectivity index is 2.00. The van der Waals surface area contributed by atoms with Crippen molar-refractivity contribution in [2.75, 3.05) is 7.11 Å². The predicted molar refractivity (Wildman–Crippen MR) is 96.1 cm³/mol.